The molecule has 2 heterocycles. The van der Waals surface area contributed by atoms with Gasteiger partial charge in [0.05, 0.1) is 12.8 Å². The smallest absolute Gasteiger partial charge is 0.122 e. The summed E-state index contributed by atoms with van der Waals surface area (Å²) in [5.41, 5.74) is 1.28. The highest BCUT2D eigenvalue weighted by atomic mass is 16.3. The van der Waals surface area contributed by atoms with Crippen molar-refractivity contribution < 1.29 is 4.42 Å². The van der Waals surface area contributed by atoms with Gasteiger partial charge in [-0.1, -0.05) is 0 Å². The minimum atomic E-state index is 0.588. The molecule has 0 spiro atoms. The Kier molecular flexibility index (Phi) is 4.80. The van der Waals surface area contributed by atoms with Crippen LogP contribution >= 0.6 is 0 Å². The van der Waals surface area contributed by atoms with Crippen molar-refractivity contribution in [1.29, 1.82) is 0 Å². The zero-order valence-corrected chi connectivity index (χ0v) is 11.8. The summed E-state index contributed by atoms with van der Waals surface area (Å²) in [5.74, 6) is 1.11. The highest BCUT2D eigenvalue weighted by molar-refractivity contribution is 5.16. The van der Waals surface area contributed by atoms with Crippen LogP contribution in [-0.4, -0.2) is 49.6 Å². The van der Waals surface area contributed by atoms with Crippen LogP contribution in [0.2, 0.25) is 0 Å². The van der Waals surface area contributed by atoms with Crippen molar-refractivity contribution >= 4 is 0 Å². The summed E-state index contributed by atoms with van der Waals surface area (Å²) in [5, 5.41) is 3.19. The molecule has 1 fully saturated rings. The minimum Gasteiger partial charge on any atom is -0.468 e. The summed E-state index contributed by atoms with van der Waals surface area (Å²) in [4.78, 5) is 4.95. The molecule has 18 heavy (non-hydrogen) atoms. The van der Waals surface area contributed by atoms with Crippen LogP contribution in [0.4, 0.5) is 0 Å². The molecular weight excluding hydrogens is 226 g/mol. The zero-order valence-electron chi connectivity index (χ0n) is 11.8. The van der Waals surface area contributed by atoms with Gasteiger partial charge in [0.2, 0.25) is 0 Å². The molecule has 4 heteroatoms. The third kappa shape index (κ3) is 3.34. The van der Waals surface area contributed by atoms with Crippen molar-refractivity contribution in [2.24, 2.45) is 0 Å². The van der Waals surface area contributed by atoms with E-state index in [9.17, 15) is 0 Å². The fourth-order valence-corrected chi connectivity index (χ4v) is 2.69. The maximum Gasteiger partial charge on any atom is 0.122 e. The van der Waals surface area contributed by atoms with Crippen molar-refractivity contribution in [3.05, 3.63) is 23.7 Å². The molecule has 2 rings (SSSR count). The number of hydrogen-bond donors (Lipinski definition) is 1. The predicted octanol–water partition coefficient (Wildman–Crippen LogP) is 1.52. The van der Waals surface area contributed by atoms with E-state index in [0.717, 1.165) is 31.9 Å². The van der Waals surface area contributed by atoms with Gasteiger partial charge in [-0.3, -0.25) is 4.90 Å². The fraction of sp³-hybridized carbons (Fsp3) is 0.714. The molecule has 102 valence electrons. The van der Waals surface area contributed by atoms with Crippen molar-refractivity contribution in [2.75, 3.05) is 33.7 Å². The maximum absolute atomic E-state index is 5.64. The molecule has 1 aliphatic rings. The summed E-state index contributed by atoms with van der Waals surface area (Å²) < 4.78 is 5.64. The van der Waals surface area contributed by atoms with Crippen molar-refractivity contribution in [2.45, 2.75) is 32.5 Å². The molecule has 0 aromatic carbocycles. The number of nitrogens with one attached hydrogen (secondary N) is 1. The third-order valence-electron chi connectivity index (χ3n) is 3.74. The van der Waals surface area contributed by atoms with Crippen LogP contribution in [0.5, 0.6) is 0 Å². The van der Waals surface area contributed by atoms with E-state index in [0.29, 0.717) is 6.04 Å². The second-order valence-electron chi connectivity index (χ2n) is 5.33. The van der Waals surface area contributed by atoms with Crippen LogP contribution < -0.4 is 5.32 Å². The Labute approximate surface area is 110 Å². The van der Waals surface area contributed by atoms with E-state index in [-0.39, 0.29) is 0 Å². The molecule has 0 amide bonds. The summed E-state index contributed by atoms with van der Waals surface area (Å²) >= 11 is 0. The van der Waals surface area contributed by atoms with Crippen molar-refractivity contribution in [3.8, 4) is 0 Å². The number of nitrogens with zero attached hydrogens (tertiary/aromatic N) is 2. The van der Waals surface area contributed by atoms with Gasteiger partial charge >= 0.3 is 0 Å². The van der Waals surface area contributed by atoms with Crippen molar-refractivity contribution in [3.63, 3.8) is 0 Å². The molecule has 1 atom stereocenters. The largest absolute Gasteiger partial charge is 0.468 e. The highest BCUT2D eigenvalue weighted by Gasteiger charge is 2.21. The second kappa shape index (κ2) is 6.36. The van der Waals surface area contributed by atoms with Gasteiger partial charge in [-0.2, -0.15) is 0 Å². The minimum absolute atomic E-state index is 0.588. The Hall–Kier alpha value is -0.840. The fourth-order valence-electron chi connectivity index (χ4n) is 2.69. The Morgan fingerprint density at radius 3 is 3.06 bits per heavy atom. The van der Waals surface area contributed by atoms with E-state index >= 15 is 0 Å². The lowest BCUT2D eigenvalue weighted by Crippen LogP contribution is -2.37. The third-order valence-corrected chi connectivity index (χ3v) is 3.74. The first kappa shape index (κ1) is 13.6. The van der Waals surface area contributed by atoms with Crippen LogP contribution in [-0.2, 0) is 13.1 Å². The lowest BCUT2D eigenvalue weighted by Gasteiger charge is -2.27. The maximum atomic E-state index is 5.64. The van der Waals surface area contributed by atoms with Crippen molar-refractivity contribution in [1.82, 2.24) is 15.1 Å². The van der Waals surface area contributed by atoms with E-state index in [1.54, 1.807) is 6.26 Å². The quantitative estimate of drug-likeness (QED) is 0.879. The zero-order chi connectivity index (χ0) is 13.0. The van der Waals surface area contributed by atoms with Gasteiger partial charge in [-0.25, -0.2) is 0 Å². The Balaban J connectivity index is 2.00. The van der Waals surface area contributed by atoms with Crippen LogP contribution in [0.1, 0.15) is 24.7 Å². The second-order valence-corrected chi connectivity index (χ2v) is 5.33. The molecule has 0 radical (unpaired) electrons. The molecule has 1 aromatic rings. The SMILES string of the molecule is CNCc1ccoc1CN1CCCN(C)CC1C. The van der Waals surface area contributed by atoms with Crippen LogP contribution in [0.25, 0.3) is 0 Å². The first-order valence-corrected chi connectivity index (χ1v) is 6.83. The standard InChI is InChI=1S/C14H25N3O/c1-12-10-16(3)6-4-7-17(12)11-14-13(9-15-2)5-8-18-14/h5,8,12,15H,4,6-7,9-11H2,1-3H3. The molecular formula is C14H25N3O. The monoisotopic (exact) mass is 251 g/mol. The van der Waals surface area contributed by atoms with E-state index in [2.05, 4.69) is 35.2 Å². The highest BCUT2D eigenvalue weighted by Crippen LogP contribution is 2.17. The summed E-state index contributed by atoms with van der Waals surface area (Å²) in [6.45, 7) is 7.62. The molecule has 0 saturated carbocycles. The summed E-state index contributed by atoms with van der Waals surface area (Å²) in [6, 6.07) is 2.66. The average molecular weight is 251 g/mol. The van der Waals surface area contributed by atoms with Gasteiger partial charge in [0, 0.05) is 31.2 Å². The number of likely N-dealkylation sites (N-methyl/N-ethyl adjacent to an activating group) is 1. The topological polar surface area (TPSA) is 31.7 Å². The Morgan fingerprint density at radius 2 is 2.28 bits per heavy atom. The molecule has 1 aliphatic heterocycles. The first-order chi connectivity index (χ1) is 8.70. The normalized spacial score (nSPS) is 23.2. The number of rotatable bonds is 4. The summed E-state index contributed by atoms with van der Waals surface area (Å²) in [7, 11) is 4.18. The van der Waals surface area contributed by atoms with Gasteiger partial charge in [-0.05, 0) is 40.1 Å². The van der Waals surface area contributed by atoms with Gasteiger partial charge < -0.3 is 14.6 Å². The lowest BCUT2D eigenvalue weighted by molar-refractivity contribution is 0.181. The Bertz CT molecular complexity index is 364. The molecule has 1 saturated heterocycles. The number of furan rings is 1. The lowest BCUT2D eigenvalue weighted by atomic mass is 10.2. The van der Waals surface area contributed by atoms with E-state index in [4.69, 9.17) is 4.42 Å². The molecule has 1 unspecified atom stereocenters. The van der Waals surface area contributed by atoms with Gasteiger partial charge in [0.15, 0.2) is 0 Å². The van der Waals surface area contributed by atoms with E-state index in [1.807, 2.05) is 7.05 Å². The van der Waals surface area contributed by atoms with Crippen LogP contribution in [0, 0.1) is 0 Å². The predicted molar refractivity (Wildman–Crippen MR) is 73.5 cm³/mol. The molecule has 0 aliphatic carbocycles. The summed E-state index contributed by atoms with van der Waals surface area (Å²) in [6.07, 6.45) is 3.04. The molecule has 1 aromatic heterocycles. The van der Waals surface area contributed by atoms with Gasteiger partial charge in [0.1, 0.15) is 5.76 Å². The molecule has 1 N–H and O–H groups in total. The molecule has 4 nitrogen and oxygen atoms in total. The average Bonchev–Trinajstić information content (AvgIpc) is 2.68. The van der Waals surface area contributed by atoms with E-state index < -0.39 is 0 Å². The number of hydrogen-bond acceptors (Lipinski definition) is 4. The van der Waals surface area contributed by atoms with Crippen LogP contribution in [0.3, 0.4) is 0 Å². The molecule has 0 bridgehead atoms. The first-order valence-electron chi connectivity index (χ1n) is 6.83. The van der Waals surface area contributed by atoms with Gasteiger partial charge in [0.25, 0.3) is 0 Å². The Morgan fingerprint density at radius 1 is 1.44 bits per heavy atom. The van der Waals surface area contributed by atoms with Crippen LogP contribution in [0.15, 0.2) is 16.7 Å². The van der Waals surface area contributed by atoms with Gasteiger partial charge in [-0.15, -0.1) is 0 Å². The van der Waals surface area contributed by atoms with E-state index in [1.165, 1.54) is 18.5 Å².